The second-order valence-electron chi connectivity index (χ2n) is 6.70. The molecule has 26 heavy (non-hydrogen) atoms. The second-order valence-corrected chi connectivity index (χ2v) is 9.76. The predicted molar refractivity (Wildman–Crippen MR) is 103 cm³/mol. The van der Waals surface area contributed by atoms with E-state index in [1.54, 1.807) is 26.0 Å². The Morgan fingerprint density at radius 1 is 1.23 bits per heavy atom. The molecule has 1 aromatic heterocycles. The molecule has 0 atom stereocenters. The van der Waals surface area contributed by atoms with Crippen molar-refractivity contribution in [1.29, 1.82) is 0 Å². The van der Waals surface area contributed by atoms with Crippen LogP contribution in [-0.2, 0) is 16.4 Å². The van der Waals surface area contributed by atoms with Crippen LogP contribution in [0.4, 0.5) is 5.13 Å². The van der Waals surface area contributed by atoms with Gasteiger partial charge < -0.3 is 0 Å². The fourth-order valence-corrected chi connectivity index (χ4v) is 4.51. The Hall–Kier alpha value is -1.84. The lowest BCUT2D eigenvalue weighted by molar-refractivity contribution is 0.102. The van der Waals surface area contributed by atoms with Gasteiger partial charge in [0.25, 0.3) is 5.91 Å². The Labute approximate surface area is 158 Å². The van der Waals surface area contributed by atoms with Crippen LogP contribution < -0.4 is 5.32 Å². The zero-order valence-corrected chi connectivity index (χ0v) is 17.2. The minimum Gasteiger partial charge on any atom is -0.296 e. The third kappa shape index (κ3) is 4.87. The maximum absolute atomic E-state index is 12.6. The Kier molecular flexibility index (Phi) is 6.48. The number of hydrogen-bond acceptors (Lipinski definition) is 6. The highest BCUT2D eigenvalue weighted by atomic mass is 32.2. The Morgan fingerprint density at radius 2 is 1.92 bits per heavy atom. The Bertz CT molecular complexity index is 876. The van der Waals surface area contributed by atoms with Crippen molar-refractivity contribution in [2.75, 3.05) is 12.4 Å². The van der Waals surface area contributed by atoms with Gasteiger partial charge in [-0.25, -0.2) is 8.42 Å². The summed E-state index contributed by atoms with van der Waals surface area (Å²) in [5, 5.41) is 12.0. The van der Waals surface area contributed by atoms with Gasteiger partial charge in [0, 0.05) is 25.1 Å². The van der Waals surface area contributed by atoms with E-state index in [-0.39, 0.29) is 16.5 Å². The van der Waals surface area contributed by atoms with Crippen LogP contribution in [-0.4, -0.2) is 41.9 Å². The smallest absolute Gasteiger partial charge is 0.257 e. The van der Waals surface area contributed by atoms with Crippen LogP contribution in [0.15, 0.2) is 29.2 Å². The van der Waals surface area contributed by atoms with Crippen LogP contribution in [0, 0.1) is 5.92 Å². The van der Waals surface area contributed by atoms with Gasteiger partial charge in [0.2, 0.25) is 15.2 Å². The lowest BCUT2D eigenvalue weighted by Crippen LogP contribution is -2.33. The van der Waals surface area contributed by atoms with E-state index in [0.717, 1.165) is 11.4 Å². The van der Waals surface area contributed by atoms with Crippen molar-refractivity contribution in [2.45, 2.75) is 45.1 Å². The molecule has 0 saturated carbocycles. The molecule has 0 saturated heterocycles. The van der Waals surface area contributed by atoms with Crippen molar-refractivity contribution in [3.05, 3.63) is 34.8 Å². The summed E-state index contributed by atoms with van der Waals surface area (Å²) in [5.41, 5.74) is 0.254. The molecule has 0 fully saturated rings. The van der Waals surface area contributed by atoms with E-state index in [2.05, 4.69) is 29.4 Å². The van der Waals surface area contributed by atoms with Crippen molar-refractivity contribution in [2.24, 2.45) is 5.92 Å². The van der Waals surface area contributed by atoms with E-state index in [0.29, 0.717) is 11.0 Å². The number of anilines is 1. The molecular weight excluding hydrogens is 372 g/mol. The highest BCUT2D eigenvalue weighted by Gasteiger charge is 2.24. The standard InChI is InChI=1S/C17H24N4O3S2/c1-11(2)9-15-19-20-17(25-15)18-16(22)13-7-6-8-14(10-13)26(23,24)21(5)12(3)4/h6-8,10-12H,9H2,1-5H3,(H,18,20,22). The summed E-state index contributed by atoms with van der Waals surface area (Å²) < 4.78 is 26.4. The fourth-order valence-electron chi connectivity index (χ4n) is 2.15. The monoisotopic (exact) mass is 396 g/mol. The van der Waals surface area contributed by atoms with Gasteiger partial charge in [0.1, 0.15) is 5.01 Å². The first kappa shape index (κ1) is 20.5. The second kappa shape index (κ2) is 8.24. The highest BCUT2D eigenvalue weighted by Crippen LogP contribution is 2.21. The van der Waals surface area contributed by atoms with Crippen LogP contribution in [0.25, 0.3) is 0 Å². The molecule has 1 N–H and O–H groups in total. The van der Waals surface area contributed by atoms with Gasteiger partial charge in [-0.3, -0.25) is 10.1 Å². The molecule has 1 aromatic carbocycles. The molecule has 0 unspecified atom stereocenters. The molecule has 1 amide bonds. The van der Waals surface area contributed by atoms with E-state index >= 15 is 0 Å². The summed E-state index contributed by atoms with van der Waals surface area (Å²) in [4.78, 5) is 12.5. The molecule has 0 radical (unpaired) electrons. The number of amides is 1. The maximum Gasteiger partial charge on any atom is 0.257 e. The first-order valence-corrected chi connectivity index (χ1v) is 10.6. The molecule has 1 heterocycles. The van der Waals surface area contributed by atoms with Crippen molar-refractivity contribution in [3.8, 4) is 0 Å². The lowest BCUT2D eigenvalue weighted by atomic mass is 10.1. The van der Waals surface area contributed by atoms with Crippen LogP contribution in [0.3, 0.4) is 0 Å². The SMILES string of the molecule is CC(C)Cc1nnc(NC(=O)c2cccc(S(=O)(=O)N(C)C(C)C)c2)s1. The van der Waals surface area contributed by atoms with Gasteiger partial charge in [0.05, 0.1) is 4.90 Å². The van der Waals surface area contributed by atoms with Gasteiger partial charge >= 0.3 is 0 Å². The molecule has 7 nitrogen and oxygen atoms in total. The van der Waals surface area contributed by atoms with E-state index < -0.39 is 15.9 Å². The third-order valence-electron chi connectivity index (χ3n) is 3.77. The van der Waals surface area contributed by atoms with Gasteiger partial charge in [-0.15, -0.1) is 10.2 Å². The van der Waals surface area contributed by atoms with Crippen molar-refractivity contribution >= 4 is 32.4 Å². The highest BCUT2D eigenvalue weighted by molar-refractivity contribution is 7.89. The first-order chi connectivity index (χ1) is 12.1. The van der Waals surface area contributed by atoms with Crippen LogP contribution in [0.1, 0.15) is 43.1 Å². The average Bonchev–Trinajstić information content (AvgIpc) is 3.00. The number of nitrogens with one attached hydrogen (secondary N) is 1. The molecule has 142 valence electrons. The van der Waals surface area contributed by atoms with E-state index in [1.165, 1.54) is 34.8 Å². The number of aromatic nitrogens is 2. The summed E-state index contributed by atoms with van der Waals surface area (Å²) in [7, 11) is -2.13. The van der Waals surface area contributed by atoms with Gasteiger partial charge in [-0.2, -0.15) is 4.31 Å². The number of rotatable bonds is 7. The molecule has 9 heteroatoms. The number of sulfonamides is 1. The largest absolute Gasteiger partial charge is 0.296 e. The normalized spacial score (nSPS) is 12.2. The molecular formula is C17H24N4O3S2. The first-order valence-electron chi connectivity index (χ1n) is 8.33. The zero-order valence-electron chi connectivity index (χ0n) is 15.6. The van der Waals surface area contributed by atoms with Gasteiger partial charge in [-0.05, 0) is 38.0 Å². The van der Waals surface area contributed by atoms with Crippen molar-refractivity contribution in [1.82, 2.24) is 14.5 Å². The molecule has 2 rings (SSSR count). The topological polar surface area (TPSA) is 92.3 Å². The van der Waals surface area contributed by atoms with E-state index in [1.807, 2.05) is 0 Å². The molecule has 0 bridgehead atoms. The van der Waals surface area contributed by atoms with Gasteiger partial charge in [0.15, 0.2) is 0 Å². The fraction of sp³-hybridized carbons (Fsp3) is 0.471. The predicted octanol–water partition coefficient (Wildman–Crippen LogP) is 3.02. The molecule has 0 aliphatic rings. The third-order valence-corrected chi connectivity index (χ3v) is 6.66. The summed E-state index contributed by atoms with van der Waals surface area (Å²) in [6, 6.07) is 5.80. The van der Waals surface area contributed by atoms with E-state index in [9.17, 15) is 13.2 Å². The number of carbonyl (C=O) groups excluding carboxylic acids is 1. The summed E-state index contributed by atoms with van der Waals surface area (Å²) in [6.45, 7) is 7.75. The number of carbonyl (C=O) groups is 1. The molecule has 0 aliphatic carbocycles. The average molecular weight is 397 g/mol. The molecule has 0 aliphatic heterocycles. The molecule has 0 spiro atoms. The zero-order chi connectivity index (χ0) is 19.5. The van der Waals surface area contributed by atoms with Crippen molar-refractivity contribution < 1.29 is 13.2 Å². The Morgan fingerprint density at radius 3 is 2.54 bits per heavy atom. The van der Waals surface area contributed by atoms with E-state index in [4.69, 9.17) is 0 Å². The van der Waals surface area contributed by atoms with Crippen LogP contribution in [0.2, 0.25) is 0 Å². The van der Waals surface area contributed by atoms with Crippen LogP contribution >= 0.6 is 11.3 Å². The molecule has 2 aromatic rings. The quantitative estimate of drug-likeness (QED) is 0.777. The summed E-state index contributed by atoms with van der Waals surface area (Å²) >= 11 is 1.32. The van der Waals surface area contributed by atoms with Gasteiger partial charge in [-0.1, -0.05) is 31.3 Å². The Balaban J connectivity index is 2.19. The lowest BCUT2D eigenvalue weighted by Gasteiger charge is -2.21. The minimum absolute atomic E-state index is 0.0825. The number of nitrogens with zero attached hydrogens (tertiary/aromatic N) is 3. The number of hydrogen-bond donors (Lipinski definition) is 1. The summed E-state index contributed by atoms with van der Waals surface area (Å²) in [6.07, 6.45) is 0.794. The van der Waals surface area contributed by atoms with Crippen LogP contribution in [0.5, 0.6) is 0 Å². The summed E-state index contributed by atoms with van der Waals surface area (Å²) in [5.74, 6) is 0.0350. The maximum atomic E-state index is 12.6. The minimum atomic E-state index is -3.65. The number of benzene rings is 1. The van der Waals surface area contributed by atoms with Crippen molar-refractivity contribution in [3.63, 3.8) is 0 Å².